The van der Waals surface area contributed by atoms with E-state index in [1.807, 2.05) is 46.3 Å². The molecule has 0 spiro atoms. The van der Waals surface area contributed by atoms with Crippen molar-refractivity contribution in [3.8, 4) is 11.5 Å². The molecule has 29 heavy (non-hydrogen) atoms. The van der Waals surface area contributed by atoms with Gasteiger partial charge in [-0.3, -0.25) is 9.79 Å². The Morgan fingerprint density at radius 2 is 1.86 bits per heavy atom. The zero-order chi connectivity index (χ0) is 21.4. The molecule has 2 rings (SSSR count). The number of aliphatic imine (C=N–C) groups is 1. The maximum Gasteiger partial charge on any atom is 0.230 e. The van der Waals surface area contributed by atoms with E-state index in [2.05, 4.69) is 10.2 Å². The van der Waals surface area contributed by atoms with Crippen LogP contribution in [0.5, 0.6) is 11.5 Å². The first-order chi connectivity index (χ1) is 13.9. The van der Waals surface area contributed by atoms with E-state index in [-0.39, 0.29) is 11.3 Å². The number of hydrogen-bond donors (Lipinski definition) is 1. The minimum Gasteiger partial charge on any atom is -0.497 e. The van der Waals surface area contributed by atoms with Crippen molar-refractivity contribution in [2.24, 2.45) is 10.4 Å². The van der Waals surface area contributed by atoms with Gasteiger partial charge in [-0.05, 0) is 31.9 Å². The largest absolute Gasteiger partial charge is 0.497 e. The van der Waals surface area contributed by atoms with E-state index in [1.54, 1.807) is 19.1 Å². The number of methoxy groups -OCH3 is 2. The fourth-order valence-corrected chi connectivity index (χ4v) is 3.97. The zero-order valence-electron chi connectivity index (χ0n) is 18.7. The zero-order valence-corrected chi connectivity index (χ0v) is 18.7. The molecule has 1 aromatic carbocycles. The third-order valence-electron chi connectivity index (χ3n) is 5.55. The predicted molar refractivity (Wildman–Crippen MR) is 117 cm³/mol. The lowest BCUT2D eigenvalue weighted by Gasteiger charge is -2.30. The van der Waals surface area contributed by atoms with Crippen LogP contribution in [0.15, 0.2) is 23.2 Å². The first-order valence-corrected chi connectivity index (χ1v) is 10.3. The molecule has 1 N–H and O–H groups in total. The minimum atomic E-state index is -0.372. The highest BCUT2D eigenvalue weighted by atomic mass is 16.5. The molecular weight excluding hydrogens is 368 g/mol. The Bertz CT molecular complexity index is 712. The van der Waals surface area contributed by atoms with Gasteiger partial charge in [0.25, 0.3) is 0 Å². The van der Waals surface area contributed by atoms with Crippen molar-refractivity contribution >= 4 is 11.9 Å². The third kappa shape index (κ3) is 5.55. The van der Waals surface area contributed by atoms with Gasteiger partial charge in [0.1, 0.15) is 11.5 Å². The van der Waals surface area contributed by atoms with Crippen LogP contribution in [0.3, 0.4) is 0 Å². The van der Waals surface area contributed by atoms with Crippen LogP contribution in [0.25, 0.3) is 0 Å². The van der Waals surface area contributed by atoms with E-state index in [0.717, 1.165) is 55.3 Å². The summed E-state index contributed by atoms with van der Waals surface area (Å²) in [5.41, 5.74) is 0.671. The highest BCUT2D eigenvalue weighted by Crippen LogP contribution is 2.39. The van der Waals surface area contributed by atoms with E-state index in [4.69, 9.17) is 14.5 Å². The Morgan fingerprint density at radius 1 is 1.17 bits per heavy atom. The molecule has 7 nitrogen and oxygen atoms in total. The second kappa shape index (κ2) is 10.4. The van der Waals surface area contributed by atoms with E-state index in [0.29, 0.717) is 13.1 Å². The minimum absolute atomic E-state index is 0.189. The number of rotatable bonds is 8. The van der Waals surface area contributed by atoms with E-state index >= 15 is 0 Å². The van der Waals surface area contributed by atoms with Crippen molar-refractivity contribution in [2.45, 2.75) is 39.2 Å². The van der Waals surface area contributed by atoms with Crippen LogP contribution in [0.4, 0.5) is 0 Å². The molecule has 0 aliphatic heterocycles. The average molecular weight is 405 g/mol. The number of ether oxygens (including phenoxy) is 2. The van der Waals surface area contributed by atoms with Gasteiger partial charge in [-0.2, -0.15) is 0 Å². The Hall–Kier alpha value is -2.44. The smallest absolute Gasteiger partial charge is 0.230 e. The number of nitrogens with zero attached hydrogens (tertiary/aromatic N) is 3. The molecule has 7 heteroatoms. The molecule has 0 atom stereocenters. The van der Waals surface area contributed by atoms with Gasteiger partial charge in [0, 0.05) is 45.9 Å². The van der Waals surface area contributed by atoms with Gasteiger partial charge >= 0.3 is 0 Å². The SMILES string of the molecule is CCNC(=NCC1(C(=O)N(C)C)CCCC1)N(C)Cc1ccc(OC)cc1OC. The van der Waals surface area contributed by atoms with Gasteiger partial charge in [-0.25, -0.2) is 0 Å². The molecule has 162 valence electrons. The number of guanidine groups is 1. The summed E-state index contributed by atoms with van der Waals surface area (Å²) in [4.78, 5) is 21.5. The van der Waals surface area contributed by atoms with Gasteiger partial charge in [0.15, 0.2) is 5.96 Å². The second-order valence-electron chi connectivity index (χ2n) is 7.89. The molecule has 0 heterocycles. The summed E-state index contributed by atoms with van der Waals surface area (Å²) in [5.74, 6) is 2.53. The highest BCUT2D eigenvalue weighted by molar-refractivity contribution is 5.84. The standard InChI is InChI=1S/C22H36N4O3/c1-7-23-21(24-16-22(12-8-9-13-22)20(27)25(2)3)26(4)15-17-10-11-18(28-5)14-19(17)29-6/h10-11,14H,7-9,12-13,15-16H2,1-6H3,(H,23,24). The van der Waals surface area contributed by atoms with E-state index in [1.165, 1.54) is 0 Å². The van der Waals surface area contributed by atoms with Crippen molar-refractivity contribution in [1.82, 2.24) is 15.1 Å². The van der Waals surface area contributed by atoms with Crippen LogP contribution < -0.4 is 14.8 Å². The number of amides is 1. The molecule has 1 aromatic rings. The lowest BCUT2D eigenvalue weighted by Crippen LogP contribution is -2.43. The van der Waals surface area contributed by atoms with Gasteiger partial charge in [0.2, 0.25) is 5.91 Å². The molecule has 1 fully saturated rings. The van der Waals surface area contributed by atoms with Crippen molar-refractivity contribution in [1.29, 1.82) is 0 Å². The molecule has 0 radical (unpaired) electrons. The molecule has 1 aliphatic rings. The van der Waals surface area contributed by atoms with Gasteiger partial charge in [-0.15, -0.1) is 0 Å². The Balaban J connectivity index is 2.20. The summed E-state index contributed by atoms with van der Waals surface area (Å²) in [5, 5.41) is 3.36. The summed E-state index contributed by atoms with van der Waals surface area (Å²) >= 11 is 0. The quantitative estimate of drug-likeness (QED) is 0.533. The molecule has 0 unspecified atom stereocenters. The van der Waals surface area contributed by atoms with Crippen molar-refractivity contribution in [2.75, 3.05) is 48.5 Å². The fourth-order valence-electron chi connectivity index (χ4n) is 3.97. The third-order valence-corrected chi connectivity index (χ3v) is 5.55. The lowest BCUT2D eigenvalue weighted by atomic mass is 9.85. The summed E-state index contributed by atoms with van der Waals surface area (Å²) in [6.07, 6.45) is 3.99. The topological polar surface area (TPSA) is 66.4 Å². The Labute approximate surface area is 175 Å². The van der Waals surface area contributed by atoms with Gasteiger partial charge in [-0.1, -0.05) is 12.8 Å². The predicted octanol–water partition coefficient (Wildman–Crippen LogP) is 2.75. The normalized spacial score (nSPS) is 15.7. The average Bonchev–Trinajstić information content (AvgIpc) is 3.20. The Morgan fingerprint density at radius 3 is 2.41 bits per heavy atom. The number of carbonyl (C=O) groups is 1. The maximum atomic E-state index is 12.8. The lowest BCUT2D eigenvalue weighted by molar-refractivity contribution is -0.138. The van der Waals surface area contributed by atoms with E-state index < -0.39 is 0 Å². The van der Waals surface area contributed by atoms with Gasteiger partial charge < -0.3 is 24.6 Å². The summed E-state index contributed by atoms with van der Waals surface area (Å²) in [7, 11) is 8.97. The maximum absolute atomic E-state index is 12.8. The molecule has 0 saturated heterocycles. The summed E-state index contributed by atoms with van der Waals surface area (Å²) in [6, 6.07) is 5.82. The first-order valence-electron chi connectivity index (χ1n) is 10.3. The number of benzene rings is 1. The summed E-state index contributed by atoms with van der Waals surface area (Å²) < 4.78 is 10.8. The monoisotopic (exact) mass is 404 g/mol. The van der Waals surface area contributed by atoms with Crippen LogP contribution in [0, 0.1) is 5.41 Å². The summed E-state index contributed by atoms with van der Waals surface area (Å²) in [6.45, 7) is 3.95. The molecule has 0 bridgehead atoms. The molecule has 1 aliphatic carbocycles. The Kier molecular flexibility index (Phi) is 8.17. The number of nitrogens with one attached hydrogen (secondary N) is 1. The van der Waals surface area contributed by atoms with E-state index in [9.17, 15) is 4.79 Å². The van der Waals surface area contributed by atoms with Crippen molar-refractivity contribution < 1.29 is 14.3 Å². The molecule has 0 aromatic heterocycles. The second-order valence-corrected chi connectivity index (χ2v) is 7.89. The number of carbonyl (C=O) groups excluding carboxylic acids is 1. The first kappa shape index (κ1) is 22.8. The van der Waals surface area contributed by atoms with Crippen molar-refractivity contribution in [3.05, 3.63) is 23.8 Å². The van der Waals surface area contributed by atoms with Crippen molar-refractivity contribution in [3.63, 3.8) is 0 Å². The van der Waals surface area contributed by atoms with Crippen LogP contribution in [-0.4, -0.2) is 70.1 Å². The fraction of sp³-hybridized carbons (Fsp3) is 0.636. The van der Waals surface area contributed by atoms with Crippen LogP contribution in [0.2, 0.25) is 0 Å². The van der Waals surface area contributed by atoms with Crippen LogP contribution in [-0.2, 0) is 11.3 Å². The van der Waals surface area contributed by atoms with Gasteiger partial charge in [0.05, 0.1) is 26.2 Å². The molecular formula is C22H36N4O3. The number of hydrogen-bond acceptors (Lipinski definition) is 4. The van der Waals surface area contributed by atoms with Crippen LogP contribution in [0.1, 0.15) is 38.2 Å². The molecule has 1 amide bonds. The highest BCUT2D eigenvalue weighted by Gasteiger charge is 2.42. The van der Waals surface area contributed by atoms with Crippen LogP contribution >= 0.6 is 0 Å². The molecule has 1 saturated carbocycles.